The number of hydrogen-bond donors (Lipinski definition) is 2. The molecule has 0 bridgehead atoms. The first-order valence-electron chi connectivity index (χ1n) is 7.44. The van der Waals surface area contributed by atoms with Gasteiger partial charge in [0.15, 0.2) is 0 Å². The fourth-order valence-corrected chi connectivity index (χ4v) is 2.78. The quantitative estimate of drug-likeness (QED) is 0.598. The van der Waals surface area contributed by atoms with Crippen LogP contribution in [0, 0.1) is 9.49 Å². The summed E-state index contributed by atoms with van der Waals surface area (Å²) in [5, 5.41) is 7.50. The molecule has 0 spiro atoms. The van der Waals surface area contributed by atoms with Crippen LogP contribution in [0.4, 0.5) is 5.69 Å². The minimum absolute atomic E-state index is 0.0983. The molecule has 1 aliphatic rings. The molecule has 2 atom stereocenters. The average molecular weight is 399 g/mol. The minimum Gasteiger partial charge on any atom is -0.374 e. The van der Waals surface area contributed by atoms with Gasteiger partial charge >= 0.3 is 0 Å². The molecule has 0 saturated heterocycles. The van der Waals surface area contributed by atoms with E-state index in [4.69, 9.17) is 0 Å². The smallest absolute Gasteiger partial charge is 0.262 e. The highest BCUT2D eigenvalue weighted by Crippen LogP contribution is 2.20. The van der Waals surface area contributed by atoms with Crippen LogP contribution in [0.25, 0.3) is 0 Å². The number of nitrogens with zero attached hydrogens (tertiary/aromatic N) is 1. The Bertz CT molecular complexity index is 513. The summed E-state index contributed by atoms with van der Waals surface area (Å²) in [5.74, 6) is 0.386. The van der Waals surface area contributed by atoms with Gasteiger partial charge in [0.2, 0.25) is 0 Å². The van der Waals surface area contributed by atoms with Crippen molar-refractivity contribution in [1.29, 1.82) is 0 Å². The predicted molar refractivity (Wildman–Crippen MR) is 95.5 cm³/mol. The first-order chi connectivity index (χ1) is 10.1. The standard InChI is InChI=1S/C16H22IN3O/c1-11-5-3-4-6-15(11)19-20-16(21)12(2)18-14-9-7-13(17)8-10-14/h7-12,18H,3-6H2,1-2H3,(H,20,21)/t11-,12+/m1/s1. The van der Waals surface area contributed by atoms with Crippen LogP contribution in [0.15, 0.2) is 29.4 Å². The maximum Gasteiger partial charge on any atom is 0.262 e. The van der Waals surface area contributed by atoms with E-state index in [1.807, 2.05) is 31.2 Å². The van der Waals surface area contributed by atoms with Crippen molar-refractivity contribution in [2.45, 2.75) is 45.6 Å². The number of benzene rings is 1. The van der Waals surface area contributed by atoms with Gasteiger partial charge < -0.3 is 5.32 Å². The van der Waals surface area contributed by atoms with Gasteiger partial charge in [-0.2, -0.15) is 5.10 Å². The second-order valence-corrected chi connectivity index (χ2v) is 6.84. The molecule has 21 heavy (non-hydrogen) atoms. The molecule has 0 aliphatic heterocycles. The zero-order valence-electron chi connectivity index (χ0n) is 12.5. The summed E-state index contributed by atoms with van der Waals surface area (Å²) in [6.45, 7) is 4.02. The van der Waals surface area contributed by atoms with Crippen molar-refractivity contribution >= 4 is 39.9 Å². The van der Waals surface area contributed by atoms with Crippen molar-refractivity contribution in [2.75, 3.05) is 5.32 Å². The lowest BCUT2D eigenvalue weighted by Crippen LogP contribution is -2.36. The molecule has 4 nitrogen and oxygen atoms in total. The summed E-state index contributed by atoms with van der Waals surface area (Å²) < 4.78 is 1.17. The maximum absolute atomic E-state index is 12.1. The Hall–Kier alpha value is -1.11. The van der Waals surface area contributed by atoms with Gasteiger partial charge in [-0.05, 0) is 79.0 Å². The summed E-state index contributed by atoms with van der Waals surface area (Å²) in [4.78, 5) is 12.1. The number of amides is 1. The highest BCUT2D eigenvalue weighted by molar-refractivity contribution is 14.1. The van der Waals surface area contributed by atoms with Gasteiger partial charge in [0.25, 0.3) is 5.91 Å². The van der Waals surface area contributed by atoms with Crippen molar-refractivity contribution in [3.63, 3.8) is 0 Å². The van der Waals surface area contributed by atoms with Crippen molar-refractivity contribution in [2.24, 2.45) is 11.0 Å². The molecule has 0 radical (unpaired) electrons. The second kappa shape index (κ2) is 7.77. The molecule has 1 aliphatic carbocycles. The predicted octanol–water partition coefficient (Wildman–Crippen LogP) is 3.77. The van der Waals surface area contributed by atoms with Crippen LogP contribution < -0.4 is 10.7 Å². The van der Waals surface area contributed by atoms with Gasteiger partial charge in [-0.1, -0.05) is 13.3 Å². The number of hydrazone groups is 1. The Kier molecular flexibility index (Phi) is 6.02. The molecule has 0 heterocycles. The third-order valence-corrected chi connectivity index (χ3v) is 4.54. The van der Waals surface area contributed by atoms with E-state index >= 15 is 0 Å². The Morgan fingerprint density at radius 2 is 2.05 bits per heavy atom. The highest BCUT2D eigenvalue weighted by Gasteiger charge is 2.17. The molecule has 114 valence electrons. The Morgan fingerprint density at radius 3 is 2.71 bits per heavy atom. The molecule has 2 rings (SSSR count). The molecule has 5 heteroatoms. The minimum atomic E-state index is -0.312. The molecular formula is C16H22IN3O. The monoisotopic (exact) mass is 399 g/mol. The molecule has 1 saturated carbocycles. The third-order valence-electron chi connectivity index (χ3n) is 3.82. The van der Waals surface area contributed by atoms with E-state index in [0.29, 0.717) is 5.92 Å². The number of carbonyl (C=O) groups excluding carboxylic acids is 1. The van der Waals surface area contributed by atoms with Crippen LogP contribution in [0.2, 0.25) is 0 Å². The van der Waals surface area contributed by atoms with Gasteiger partial charge in [0.1, 0.15) is 6.04 Å². The SMILES string of the molecule is C[C@@H]1CCCCC1=NNC(=O)[C@H](C)Nc1ccc(I)cc1. The first kappa shape index (κ1) is 16.3. The van der Waals surface area contributed by atoms with E-state index < -0.39 is 0 Å². The number of halogens is 1. The largest absolute Gasteiger partial charge is 0.374 e. The summed E-state index contributed by atoms with van der Waals surface area (Å²) >= 11 is 2.26. The lowest BCUT2D eigenvalue weighted by molar-refractivity contribution is -0.121. The zero-order chi connectivity index (χ0) is 15.2. The molecule has 1 aromatic rings. The van der Waals surface area contributed by atoms with E-state index in [1.54, 1.807) is 0 Å². The van der Waals surface area contributed by atoms with Gasteiger partial charge in [-0.15, -0.1) is 0 Å². The maximum atomic E-state index is 12.1. The zero-order valence-corrected chi connectivity index (χ0v) is 14.7. The highest BCUT2D eigenvalue weighted by atomic mass is 127. The van der Waals surface area contributed by atoms with Crippen molar-refractivity contribution < 1.29 is 4.79 Å². The van der Waals surface area contributed by atoms with Crippen LogP contribution in [-0.2, 0) is 4.79 Å². The number of hydrogen-bond acceptors (Lipinski definition) is 3. The fourth-order valence-electron chi connectivity index (χ4n) is 2.42. The van der Waals surface area contributed by atoms with Gasteiger partial charge in [-0.25, -0.2) is 5.43 Å². The molecule has 1 fully saturated rings. The molecular weight excluding hydrogens is 377 g/mol. The van der Waals surface area contributed by atoms with Crippen molar-refractivity contribution in [1.82, 2.24) is 5.43 Å². The van der Waals surface area contributed by atoms with Crippen molar-refractivity contribution in [3.05, 3.63) is 27.8 Å². The van der Waals surface area contributed by atoms with Crippen LogP contribution >= 0.6 is 22.6 Å². The van der Waals surface area contributed by atoms with Crippen LogP contribution in [0.1, 0.15) is 39.5 Å². The Balaban J connectivity index is 1.87. The van der Waals surface area contributed by atoms with E-state index in [9.17, 15) is 4.79 Å². The number of anilines is 1. The van der Waals surface area contributed by atoms with Gasteiger partial charge in [-0.3, -0.25) is 4.79 Å². The molecule has 1 amide bonds. The van der Waals surface area contributed by atoms with E-state index in [-0.39, 0.29) is 11.9 Å². The molecule has 2 N–H and O–H groups in total. The number of rotatable bonds is 4. The fraction of sp³-hybridized carbons (Fsp3) is 0.500. The molecule has 1 aromatic carbocycles. The average Bonchev–Trinajstić information content (AvgIpc) is 2.48. The topological polar surface area (TPSA) is 53.5 Å². The first-order valence-corrected chi connectivity index (χ1v) is 8.52. The summed E-state index contributed by atoms with van der Waals surface area (Å²) in [6.07, 6.45) is 4.61. The molecule has 0 aromatic heterocycles. The second-order valence-electron chi connectivity index (χ2n) is 5.60. The van der Waals surface area contributed by atoms with E-state index in [2.05, 4.69) is 45.4 Å². The molecule has 0 unspecified atom stereocenters. The van der Waals surface area contributed by atoms with E-state index in [1.165, 1.54) is 22.8 Å². The lowest BCUT2D eigenvalue weighted by Gasteiger charge is -2.20. The van der Waals surface area contributed by atoms with Crippen LogP contribution in [0.3, 0.4) is 0 Å². The lowest BCUT2D eigenvalue weighted by atomic mass is 9.89. The third kappa shape index (κ3) is 4.98. The summed E-state index contributed by atoms with van der Waals surface area (Å²) in [6, 6.07) is 7.66. The summed E-state index contributed by atoms with van der Waals surface area (Å²) in [7, 11) is 0. The number of carbonyl (C=O) groups is 1. The van der Waals surface area contributed by atoms with Gasteiger partial charge in [0, 0.05) is 15.0 Å². The number of nitrogens with one attached hydrogen (secondary N) is 2. The normalized spacial score (nSPS) is 21.9. The Labute approximate surface area is 139 Å². The van der Waals surface area contributed by atoms with Crippen molar-refractivity contribution in [3.8, 4) is 0 Å². The van der Waals surface area contributed by atoms with E-state index in [0.717, 1.165) is 17.8 Å². The van der Waals surface area contributed by atoms with Gasteiger partial charge in [0.05, 0.1) is 0 Å². The Morgan fingerprint density at radius 1 is 1.33 bits per heavy atom. The summed E-state index contributed by atoms with van der Waals surface area (Å²) in [5.41, 5.74) is 4.76. The van der Waals surface area contributed by atoms with Crippen LogP contribution in [-0.4, -0.2) is 17.7 Å². The van der Waals surface area contributed by atoms with Crippen LogP contribution in [0.5, 0.6) is 0 Å².